The van der Waals surface area contributed by atoms with Gasteiger partial charge in [0.25, 0.3) is 0 Å². The van der Waals surface area contributed by atoms with Gasteiger partial charge in [-0.1, -0.05) is 60.7 Å². The van der Waals surface area contributed by atoms with E-state index in [-0.39, 0.29) is 36.3 Å². The highest BCUT2D eigenvalue weighted by Gasteiger charge is 2.38. The van der Waals surface area contributed by atoms with Crippen LogP contribution in [0.2, 0.25) is 0 Å². The Balaban J connectivity index is 1.97. The number of carbonyl (C=O) groups is 2. The van der Waals surface area contributed by atoms with Crippen LogP contribution in [0.5, 0.6) is 0 Å². The molecule has 0 aliphatic carbocycles. The standard InChI is InChI=1S/C28H26F3N3O3/c1-18-23(26(35)33-15-7-11-20-9-4-3-5-10-20)25(21-12-6-13-22(17-21)28(29,30)31)24(19(2)34-18)27(36)37-16-8-14-32/h3-7,9-13,17,25,34H,8,15-16H2,1-2H3,(H,33,35). The maximum atomic E-state index is 13.5. The Morgan fingerprint density at radius 1 is 1.08 bits per heavy atom. The normalized spacial score (nSPS) is 15.8. The first-order valence-corrected chi connectivity index (χ1v) is 11.5. The van der Waals surface area contributed by atoms with E-state index in [1.807, 2.05) is 42.5 Å². The van der Waals surface area contributed by atoms with Crippen LogP contribution in [0, 0.1) is 11.3 Å². The van der Waals surface area contributed by atoms with Crippen LogP contribution in [0.25, 0.3) is 6.08 Å². The number of hydrogen-bond donors (Lipinski definition) is 2. The number of allylic oxidation sites excluding steroid dienone is 2. The van der Waals surface area contributed by atoms with Crippen molar-refractivity contribution < 1.29 is 27.5 Å². The molecule has 1 aliphatic heterocycles. The van der Waals surface area contributed by atoms with Crippen molar-refractivity contribution in [1.29, 1.82) is 5.26 Å². The molecule has 9 heteroatoms. The van der Waals surface area contributed by atoms with Crippen LogP contribution in [0.3, 0.4) is 0 Å². The van der Waals surface area contributed by atoms with E-state index < -0.39 is 29.5 Å². The number of halogens is 3. The molecule has 1 heterocycles. The zero-order valence-electron chi connectivity index (χ0n) is 20.4. The van der Waals surface area contributed by atoms with Crippen molar-refractivity contribution in [1.82, 2.24) is 10.6 Å². The summed E-state index contributed by atoms with van der Waals surface area (Å²) < 4.78 is 45.7. The number of alkyl halides is 3. The molecule has 0 bridgehead atoms. The largest absolute Gasteiger partial charge is 0.461 e. The van der Waals surface area contributed by atoms with E-state index in [4.69, 9.17) is 10.00 Å². The van der Waals surface area contributed by atoms with Gasteiger partial charge in [0.1, 0.15) is 6.61 Å². The maximum Gasteiger partial charge on any atom is 0.416 e. The number of ether oxygens (including phenoxy) is 1. The van der Waals surface area contributed by atoms with E-state index in [9.17, 15) is 22.8 Å². The van der Waals surface area contributed by atoms with E-state index in [0.717, 1.165) is 17.7 Å². The van der Waals surface area contributed by atoms with Crippen molar-refractivity contribution in [2.75, 3.05) is 13.2 Å². The van der Waals surface area contributed by atoms with Crippen LogP contribution in [0.1, 0.15) is 42.9 Å². The number of dihydropyridines is 1. The summed E-state index contributed by atoms with van der Waals surface area (Å²) >= 11 is 0. The highest BCUT2D eigenvalue weighted by atomic mass is 19.4. The molecule has 6 nitrogen and oxygen atoms in total. The minimum atomic E-state index is -4.61. The van der Waals surface area contributed by atoms with E-state index >= 15 is 0 Å². The summed E-state index contributed by atoms with van der Waals surface area (Å²) in [5, 5.41) is 14.5. The molecular weight excluding hydrogens is 483 g/mol. The Morgan fingerprint density at radius 2 is 1.78 bits per heavy atom. The van der Waals surface area contributed by atoms with Crippen molar-refractivity contribution >= 4 is 18.0 Å². The summed E-state index contributed by atoms with van der Waals surface area (Å²) in [6, 6.07) is 15.9. The van der Waals surface area contributed by atoms with Crippen LogP contribution in [-0.4, -0.2) is 25.0 Å². The third kappa shape index (κ3) is 6.88. The third-order valence-electron chi connectivity index (χ3n) is 5.71. The molecule has 0 saturated carbocycles. The van der Waals surface area contributed by atoms with Crippen LogP contribution in [-0.2, 0) is 20.5 Å². The second-order valence-electron chi connectivity index (χ2n) is 8.33. The van der Waals surface area contributed by atoms with E-state index in [0.29, 0.717) is 11.4 Å². The van der Waals surface area contributed by atoms with Gasteiger partial charge in [-0.05, 0) is 31.0 Å². The lowest BCUT2D eigenvalue weighted by Crippen LogP contribution is -2.36. The number of nitrogens with one attached hydrogen (secondary N) is 2. The SMILES string of the molecule is CC1=C(C(=O)NCC=Cc2ccccc2)C(c2cccc(C(F)(F)F)c2)C(C(=O)OCCC#N)=C(C)N1. The van der Waals surface area contributed by atoms with Crippen molar-refractivity contribution in [2.24, 2.45) is 0 Å². The Morgan fingerprint density at radius 3 is 2.46 bits per heavy atom. The number of rotatable bonds is 8. The lowest BCUT2D eigenvalue weighted by atomic mass is 9.79. The predicted octanol–water partition coefficient (Wildman–Crippen LogP) is 5.23. The topological polar surface area (TPSA) is 91.2 Å². The molecular formula is C28H26F3N3O3. The summed E-state index contributed by atoms with van der Waals surface area (Å²) in [6.45, 7) is 3.18. The number of carbonyl (C=O) groups excluding carboxylic acids is 2. The number of esters is 1. The fourth-order valence-electron chi connectivity index (χ4n) is 4.07. The molecule has 1 amide bonds. The minimum Gasteiger partial charge on any atom is -0.461 e. The van der Waals surface area contributed by atoms with E-state index in [1.165, 1.54) is 12.1 Å². The van der Waals surface area contributed by atoms with Gasteiger partial charge in [0.15, 0.2) is 0 Å². The van der Waals surface area contributed by atoms with Gasteiger partial charge >= 0.3 is 12.1 Å². The zero-order valence-corrected chi connectivity index (χ0v) is 20.4. The second kappa shape index (κ2) is 12.1. The van der Waals surface area contributed by atoms with Gasteiger partial charge in [0.2, 0.25) is 5.91 Å². The molecule has 3 rings (SSSR count). The lowest BCUT2D eigenvalue weighted by Gasteiger charge is -2.31. The molecule has 0 fully saturated rings. The molecule has 1 unspecified atom stereocenters. The number of nitrogens with zero attached hydrogens (tertiary/aromatic N) is 1. The predicted molar refractivity (Wildman–Crippen MR) is 132 cm³/mol. The monoisotopic (exact) mass is 509 g/mol. The van der Waals surface area contributed by atoms with E-state index in [1.54, 1.807) is 19.9 Å². The minimum absolute atomic E-state index is 0.00726. The molecule has 2 aromatic rings. The second-order valence-corrected chi connectivity index (χ2v) is 8.33. The molecule has 2 N–H and O–H groups in total. The van der Waals surface area contributed by atoms with Crippen LogP contribution in [0.15, 0.2) is 83.2 Å². The molecule has 1 atom stereocenters. The molecule has 0 radical (unpaired) electrons. The smallest absolute Gasteiger partial charge is 0.416 e. The van der Waals surface area contributed by atoms with Crippen molar-refractivity contribution in [3.63, 3.8) is 0 Å². The molecule has 0 saturated heterocycles. The fraction of sp³-hybridized carbons (Fsp3) is 0.250. The summed E-state index contributed by atoms with van der Waals surface area (Å²) in [6.07, 6.45) is -1.09. The van der Waals surface area contributed by atoms with Gasteiger partial charge in [0.05, 0.1) is 29.5 Å². The Labute approximate surface area is 213 Å². The van der Waals surface area contributed by atoms with Crippen molar-refractivity contribution in [3.8, 4) is 6.07 Å². The van der Waals surface area contributed by atoms with Crippen LogP contribution >= 0.6 is 0 Å². The Bertz CT molecular complexity index is 1290. The summed E-state index contributed by atoms with van der Waals surface area (Å²) in [5.41, 5.74) is 1.02. The average Bonchev–Trinajstić information content (AvgIpc) is 2.86. The zero-order chi connectivity index (χ0) is 27.0. The van der Waals surface area contributed by atoms with Crippen molar-refractivity contribution in [3.05, 3.63) is 99.9 Å². The highest BCUT2D eigenvalue weighted by Crippen LogP contribution is 2.40. The van der Waals surface area contributed by atoms with Crippen LogP contribution in [0.4, 0.5) is 13.2 Å². The average molecular weight is 510 g/mol. The quantitative estimate of drug-likeness (QED) is 0.376. The molecule has 192 valence electrons. The number of nitriles is 1. The molecule has 0 spiro atoms. The fourth-order valence-corrected chi connectivity index (χ4v) is 4.07. The number of hydrogen-bond acceptors (Lipinski definition) is 5. The first-order valence-electron chi connectivity index (χ1n) is 11.5. The first-order chi connectivity index (χ1) is 17.6. The first kappa shape index (κ1) is 27.3. The van der Waals surface area contributed by atoms with Crippen LogP contribution < -0.4 is 10.6 Å². The van der Waals surface area contributed by atoms with Gasteiger partial charge in [0, 0.05) is 23.5 Å². The maximum absolute atomic E-state index is 13.5. The Kier molecular flexibility index (Phi) is 8.90. The van der Waals surface area contributed by atoms with Crippen molar-refractivity contribution in [2.45, 2.75) is 32.4 Å². The highest BCUT2D eigenvalue weighted by molar-refractivity contribution is 6.02. The molecule has 2 aromatic carbocycles. The third-order valence-corrected chi connectivity index (χ3v) is 5.71. The van der Waals surface area contributed by atoms with Gasteiger partial charge in [-0.25, -0.2) is 4.79 Å². The van der Waals surface area contributed by atoms with Gasteiger partial charge in [-0.15, -0.1) is 0 Å². The molecule has 37 heavy (non-hydrogen) atoms. The Hall–Kier alpha value is -4.32. The number of benzene rings is 2. The molecule has 1 aliphatic rings. The summed E-state index contributed by atoms with van der Waals surface area (Å²) in [5.74, 6) is -2.47. The van der Waals surface area contributed by atoms with Gasteiger partial charge < -0.3 is 15.4 Å². The van der Waals surface area contributed by atoms with Gasteiger partial charge in [-0.3, -0.25) is 4.79 Å². The van der Waals surface area contributed by atoms with Gasteiger partial charge in [-0.2, -0.15) is 18.4 Å². The summed E-state index contributed by atoms with van der Waals surface area (Å²) in [4.78, 5) is 26.4. The molecule has 0 aromatic heterocycles. The summed E-state index contributed by atoms with van der Waals surface area (Å²) in [7, 11) is 0. The van der Waals surface area contributed by atoms with E-state index in [2.05, 4.69) is 10.6 Å². The number of amides is 1. The lowest BCUT2D eigenvalue weighted by molar-refractivity contribution is -0.139.